The van der Waals surface area contributed by atoms with E-state index in [9.17, 15) is 4.79 Å². The summed E-state index contributed by atoms with van der Waals surface area (Å²) >= 11 is 5.72. The number of pyridine rings is 1. The number of ketones is 1. The maximum atomic E-state index is 12.4. The molecule has 3 aliphatic rings. The maximum Gasteiger partial charge on any atom is 0.170 e. The van der Waals surface area contributed by atoms with Crippen LogP contribution >= 0.6 is 11.6 Å². The molecule has 1 aromatic rings. The van der Waals surface area contributed by atoms with Gasteiger partial charge in [-0.15, -0.1) is 0 Å². The average molecular weight is 236 g/mol. The largest absolute Gasteiger partial charge is 0.293 e. The van der Waals surface area contributed by atoms with E-state index in [1.807, 2.05) is 0 Å². The lowest BCUT2D eigenvalue weighted by Gasteiger charge is -2.51. The molecule has 0 atom stereocenters. The molecular weight excluding hydrogens is 222 g/mol. The first-order valence-corrected chi connectivity index (χ1v) is 6.24. The third-order valence-electron chi connectivity index (χ3n) is 4.10. The van der Waals surface area contributed by atoms with Gasteiger partial charge in [0.15, 0.2) is 5.78 Å². The first-order valence-electron chi connectivity index (χ1n) is 5.86. The minimum Gasteiger partial charge on any atom is -0.293 e. The summed E-state index contributed by atoms with van der Waals surface area (Å²) in [5, 5.41) is 0.448. The van der Waals surface area contributed by atoms with E-state index in [1.54, 1.807) is 18.3 Å². The predicted molar refractivity (Wildman–Crippen MR) is 62.6 cm³/mol. The second-order valence-corrected chi connectivity index (χ2v) is 5.53. The van der Waals surface area contributed by atoms with E-state index in [-0.39, 0.29) is 11.2 Å². The van der Waals surface area contributed by atoms with E-state index in [0.717, 1.165) is 30.7 Å². The van der Waals surface area contributed by atoms with Crippen molar-refractivity contribution in [2.24, 2.45) is 11.3 Å². The molecule has 84 valence electrons. The van der Waals surface area contributed by atoms with Gasteiger partial charge in [0, 0.05) is 17.2 Å². The van der Waals surface area contributed by atoms with Crippen molar-refractivity contribution < 1.29 is 4.79 Å². The monoisotopic (exact) mass is 235 g/mol. The molecule has 0 aromatic carbocycles. The Labute approximate surface area is 100 Å². The lowest BCUT2D eigenvalue weighted by atomic mass is 9.52. The first-order chi connectivity index (χ1) is 7.70. The van der Waals surface area contributed by atoms with Crippen molar-refractivity contribution in [1.29, 1.82) is 0 Å². The van der Waals surface area contributed by atoms with Crippen LogP contribution in [0, 0.1) is 11.3 Å². The number of hydrogen-bond acceptors (Lipinski definition) is 2. The SMILES string of the molecule is O=C(c1ccc(Cl)nc1)C12CCCC(C1)C2. The van der Waals surface area contributed by atoms with Crippen LogP contribution in [0.25, 0.3) is 0 Å². The van der Waals surface area contributed by atoms with Gasteiger partial charge in [0.25, 0.3) is 0 Å². The fourth-order valence-corrected chi connectivity index (χ4v) is 3.41. The van der Waals surface area contributed by atoms with Crippen LogP contribution in [0.3, 0.4) is 0 Å². The lowest BCUT2D eigenvalue weighted by molar-refractivity contribution is 0.00643. The van der Waals surface area contributed by atoms with Gasteiger partial charge in [0.05, 0.1) is 0 Å². The van der Waals surface area contributed by atoms with Crippen LogP contribution in [0.15, 0.2) is 18.3 Å². The number of nitrogens with zero attached hydrogens (tertiary/aromatic N) is 1. The highest BCUT2D eigenvalue weighted by atomic mass is 35.5. The van der Waals surface area contributed by atoms with E-state index < -0.39 is 0 Å². The van der Waals surface area contributed by atoms with Crippen LogP contribution in [0.2, 0.25) is 5.15 Å². The molecule has 2 nitrogen and oxygen atoms in total. The van der Waals surface area contributed by atoms with Crippen molar-refractivity contribution >= 4 is 17.4 Å². The molecule has 0 spiro atoms. The summed E-state index contributed by atoms with van der Waals surface area (Å²) in [6, 6.07) is 3.50. The average Bonchev–Trinajstić information content (AvgIpc) is 2.29. The van der Waals surface area contributed by atoms with Crippen molar-refractivity contribution in [3.8, 4) is 0 Å². The molecule has 0 radical (unpaired) electrons. The molecule has 0 saturated heterocycles. The van der Waals surface area contributed by atoms with Gasteiger partial charge >= 0.3 is 0 Å². The van der Waals surface area contributed by atoms with Crippen molar-refractivity contribution in [2.45, 2.75) is 32.1 Å². The minimum absolute atomic E-state index is 0.0432. The summed E-state index contributed by atoms with van der Waals surface area (Å²) in [6.07, 6.45) is 7.38. The first kappa shape index (κ1) is 10.3. The molecule has 3 saturated carbocycles. The third kappa shape index (κ3) is 1.47. The number of carbonyl (C=O) groups is 1. The van der Waals surface area contributed by atoms with Gasteiger partial charge < -0.3 is 0 Å². The van der Waals surface area contributed by atoms with Crippen molar-refractivity contribution in [1.82, 2.24) is 4.98 Å². The zero-order valence-corrected chi connectivity index (χ0v) is 9.83. The summed E-state index contributed by atoms with van der Waals surface area (Å²) in [4.78, 5) is 16.4. The summed E-state index contributed by atoms with van der Waals surface area (Å²) in [5.41, 5.74) is 0.683. The summed E-state index contributed by atoms with van der Waals surface area (Å²) in [6.45, 7) is 0. The maximum absolute atomic E-state index is 12.4. The third-order valence-corrected chi connectivity index (χ3v) is 4.32. The second kappa shape index (κ2) is 3.56. The Kier molecular flexibility index (Phi) is 2.28. The van der Waals surface area contributed by atoms with Gasteiger partial charge in [-0.2, -0.15) is 0 Å². The van der Waals surface area contributed by atoms with Gasteiger partial charge in [0.2, 0.25) is 0 Å². The van der Waals surface area contributed by atoms with E-state index in [4.69, 9.17) is 11.6 Å². The van der Waals surface area contributed by atoms with Crippen LogP contribution in [0.4, 0.5) is 0 Å². The molecule has 0 N–H and O–H groups in total. The molecular formula is C13H14ClNO. The van der Waals surface area contributed by atoms with E-state index >= 15 is 0 Å². The van der Waals surface area contributed by atoms with E-state index in [2.05, 4.69) is 4.98 Å². The topological polar surface area (TPSA) is 30.0 Å². The Hall–Kier alpha value is -0.890. The van der Waals surface area contributed by atoms with Gasteiger partial charge in [-0.1, -0.05) is 24.4 Å². The molecule has 16 heavy (non-hydrogen) atoms. The van der Waals surface area contributed by atoms with Crippen LogP contribution in [-0.2, 0) is 0 Å². The normalized spacial score (nSPS) is 31.9. The quantitative estimate of drug-likeness (QED) is 0.580. The zero-order valence-electron chi connectivity index (χ0n) is 9.08. The second-order valence-electron chi connectivity index (χ2n) is 5.15. The van der Waals surface area contributed by atoms with Crippen molar-refractivity contribution in [2.75, 3.05) is 0 Å². The minimum atomic E-state index is -0.0432. The highest BCUT2D eigenvalue weighted by Gasteiger charge is 2.51. The summed E-state index contributed by atoms with van der Waals surface area (Å²) in [5.74, 6) is 1.09. The number of Topliss-reactive ketones (excluding diaryl/α,β-unsaturated/α-hetero) is 1. The molecule has 3 aliphatic carbocycles. The summed E-state index contributed by atoms with van der Waals surface area (Å²) in [7, 11) is 0. The van der Waals surface area contributed by atoms with Gasteiger partial charge in [-0.25, -0.2) is 4.98 Å². The number of hydrogen-bond donors (Lipinski definition) is 0. The van der Waals surface area contributed by atoms with Gasteiger partial charge in [-0.3, -0.25) is 4.79 Å². The molecule has 3 fully saturated rings. The number of fused-ring (bicyclic) bond motifs is 2. The summed E-state index contributed by atoms with van der Waals surface area (Å²) < 4.78 is 0. The highest BCUT2D eigenvalue weighted by Crippen LogP contribution is 2.57. The molecule has 0 unspecified atom stereocenters. The molecule has 1 heterocycles. The predicted octanol–water partition coefficient (Wildman–Crippen LogP) is 3.50. The van der Waals surface area contributed by atoms with Crippen LogP contribution in [-0.4, -0.2) is 10.8 Å². The smallest absolute Gasteiger partial charge is 0.170 e. The van der Waals surface area contributed by atoms with Crippen molar-refractivity contribution in [3.63, 3.8) is 0 Å². The fourth-order valence-electron chi connectivity index (χ4n) is 3.30. The molecule has 2 bridgehead atoms. The van der Waals surface area contributed by atoms with Crippen molar-refractivity contribution in [3.05, 3.63) is 29.0 Å². The number of aromatic nitrogens is 1. The van der Waals surface area contributed by atoms with E-state index in [1.165, 1.54) is 12.8 Å². The molecule has 1 aromatic heterocycles. The number of carbonyl (C=O) groups excluding carboxylic acids is 1. The van der Waals surface area contributed by atoms with Crippen LogP contribution in [0.1, 0.15) is 42.5 Å². The fraction of sp³-hybridized carbons (Fsp3) is 0.538. The Morgan fingerprint density at radius 1 is 1.44 bits per heavy atom. The van der Waals surface area contributed by atoms with E-state index in [0.29, 0.717) is 5.15 Å². The Morgan fingerprint density at radius 2 is 2.25 bits per heavy atom. The lowest BCUT2D eigenvalue weighted by Crippen LogP contribution is -2.47. The standard InChI is InChI=1S/C13H14ClNO/c14-11-4-3-10(8-15-11)12(16)13-5-1-2-9(6-13)7-13/h3-4,8-9H,1-2,5-7H2. The van der Waals surface area contributed by atoms with Gasteiger partial charge in [-0.05, 0) is 37.3 Å². The molecule has 3 heteroatoms. The Balaban J connectivity index is 1.85. The number of rotatable bonds is 2. The Bertz CT molecular complexity index is 415. The van der Waals surface area contributed by atoms with Gasteiger partial charge in [0.1, 0.15) is 5.15 Å². The molecule has 0 amide bonds. The Morgan fingerprint density at radius 3 is 2.81 bits per heavy atom. The molecule has 4 rings (SSSR count). The number of halogens is 1. The van der Waals surface area contributed by atoms with Crippen LogP contribution < -0.4 is 0 Å². The molecule has 0 aliphatic heterocycles. The highest BCUT2D eigenvalue weighted by molar-refractivity contribution is 6.29. The van der Waals surface area contributed by atoms with Crippen LogP contribution in [0.5, 0.6) is 0 Å². The zero-order chi connectivity index (χ0) is 11.2.